The maximum atomic E-state index is 6.44. The Morgan fingerprint density at radius 3 is 1.67 bits per heavy atom. The van der Waals surface area contributed by atoms with E-state index < -0.39 is 0 Å². The van der Waals surface area contributed by atoms with Gasteiger partial charge in [0, 0.05) is 44.3 Å². The zero-order valence-electron chi connectivity index (χ0n) is 28.1. The maximum absolute atomic E-state index is 6.44. The normalized spacial score (nSPS) is 11.5. The average Bonchev–Trinajstić information content (AvgIpc) is 3.57. The van der Waals surface area contributed by atoms with Gasteiger partial charge in [0.15, 0.2) is 5.82 Å². The van der Waals surface area contributed by atoms with Crippen molar-refractivity contribution in [2.45, 2.75) is 0 Å². The number of benzene rings is 8. The predicted octanol–water partition coefficient (Wildman–Crippen LogP) is 13.2. The minimum absolute atomic E-state index is 0.676. The van der Waals surface area contributed by atoms with E-state index in [1.54, 1.807) is 0 Å². The van der Waals surface area contributed by atoms with Gasteiger partial charge in [0.1, 0.15) is 11.2 Å². The number of fused-ring (bicyclic) bond motifs is 5. The smallest absolute Gasteiger partial charge is 0.160 e. The lowest BCUT2D eigenvalue weighted by Crippen LogP contribution is -2.09. The molecule has 10 rings (SSSR count). The summed E-state index contributed by atoms with van der Waals surface area (Å²) in [5.74, 6) is 0.676. The Bertz CT molecular complexity index is 2880. The molecule has 0 unspecified atom stereocenters. The summed E-state index contributed by atoms with van der Waals surface area (Å²) < 4.78 is 6.44. The quantitative estimate of drug-likeness (QED) is 0.177. The van der Waals surface area contributed by atoms with Gasteiger partial charge in [-0.05, 0) is 101 Å². The van der Waals surface area contributed by atoms with Crippen LogP contribution in [0.2, 0.25) is 0 Å². The zero-order chi connectivity index (χ0) is 34.4. The average molecular weight is 666 g/mol. The van der Waals surface area contributed by atoms with Gasteiger partial charge < -0.3 is 9.32 Å². The molecule has 0 N–H and O–H groups in total. The molecular formula is C48H31N3O. The SMILES string of the molecule is c1ccc(-c2ccc(N(c3ccccc3)c3ccc(-c4nc(-c5ccc6c(c5)oc5cc7ccccc7cc56)c5ccccc5n4)cc3)cc2)cc1. The first-order valence-corrected chi connectivity index (χ1v) is 17.5. The molecule has 52 heavy (non-hydrogen) atoms. The molecule has 0 saturated heterocycles. The molecule has 0 aliphatic heterocycles. The third kappa shape index (κ3) is 5.26. The van der Waals surface area contributed by atoms with Gasteiger partial charge in [-0.3, -0.25) is 0 Å². The molecule has 0 bridgehead atoms. The third-order valence-corrected chi connectivity index (χ3v) is 9.85. The fourth-order valence-corrected chi connectivity index (χ4v) is 7.25. The van der Waals surface area contributed by atoms with Crippen molar-refractivity contribution in [3.8, 4) is 33.8 Å². The zero-order valence-corrected chi connectivity index (χ0v) is 28.1. The minimum atomic E-state index is 0.676. The van der Waals surface area contributed by atoms with Crippen molar-refractivity contribution in [3.05, 3.63) is 188 Å². The molecule has 0 fully saturated rings. The van der Waals surface area contributed by atoms with Gasteiger partial charge in [-0.25, -0.2) is 9.97 Å². The summed E-state index contributed by atoms with van der Waals surface area (Å²) in [6, 6.07) is 65.6. The summed E-state index contributed by atoms with van der Waals surface area (Å²) >= 11 is 0. The van der Waals surface area contributed by atoms with Gasteiger partial charge in [-0.1, -0.05) is 109 Å². The Morgan fingerprint density at radius 2 is 0.923 bits per heavy atom. The van der Waals surface area contributed by atoms with E-state index in [9.17, 15) is 0 Å². The van der Waals surface area contributed by atoms with E-state index in [4.69, 9.17) is 14.4 Å². The molecule has 0 radical (unpaired) electrons. The van der Waals surface area contributed by atoms with Crippen LogP contribution in [0.25, 0.3) is 77.4 Å². The van der Waals surface area contributed by atoms with Gasteiger partial charge >= 0.3 is 0 Å². The molecule has 4 heteroatoms. The first-order chi connectivity index (χ1) is 25.7. The molecule has 0 spiro atoms. The summed E-state index contributed by atoms with van der Waals surface area (Å²) in [5.41, 5.74) is 11.0. The van der Waals surface area contributed by atoms with Crippen LogP contribution < -0.4 is 4.90 Å². The van der Waals surface area contributed by atoms with E-state index in [0.29, 0.717) is 5.82 Å². The van der Waals surface area contributed by atoms with Crippen LogP contribution in [0, 0.1) is 0 Å². The summed E-state index contributed by atoms with van der Waals surface area (Å²) in [6.07, 6.45) is 0. The van der Waals surface area contributed by atoms with E-state index >= 15 is 0 Å². The van der Waals surface area contributed by atoms with Crippen LogP contribution in [0.15, 0.2) is 192 Å². The highest BCUT2D eigenvalue weighted by Gasteiger charge is 2.17. The monoisotopic (exact) mass is 665 g/mol. The Kier molecular flexibility index (Phi) is 7.10. The van der Waals surface area contributed by atoms with Crippen molar-refractivity contribution >= 4 is 60.7 Å². The Hall–Kier alpha value is -7.04. The Morgan fingerprint density at radius 1 is 0.365 bits per heavy atom. The highest BCUT2D eigenvalue weighted by molar-refractivity contribution is 6.11. The molecular weight excluding hydrogens is 635 g/mol. The van der Waals surface area contributed by atoms with Crippen LogP contribution in [0.4, 0.5) is 17.1 Å². The van der Waals surface area contributed by atoms with Crippen molar-refractivity contribution in [2.24, 2.45) is 0 Å². The Labute approximate surface area is 300 Å². The number of hydrogen-bond donors (Lipinski definition) is 0. The lowest BCUT2D eigenvalue weighted by atomic mass is 10.0. The van der Waals surface area contributed by atoms with E-state index in [1.807, 2.05) is 24.3 Å². The number of furan rings is 1. The molecule has 2 aromatic heterocycles. The van der Waals surface area contributed by atoms with E-state index in [-0.39, 0.29) is 0 Å². The van der Waals surface area contributed by atoms with Gasteiger partial charge in [0.05, 0.1) is 11.2 Å². The maximum Gasteiger partial charge on any atom is 0.160 e. The van der Waals surface area contributed by atoms with Gasteiger partial charge in [-0.2, -0.15) is 0 Å². The van der Waals surface area contributed by atoms with Crippen LogP contribution in [0.3, 0.4) is 0 Å². The molecule has 4 nitrogen and oxygen atoms in total. The minimum Gasteiger partial charge on any atom is -0.456 e. The second-order valence-electron chi connectivity index (χ2n) is 13.1. The number of para-hydroxylation sites is 2. The van der Waals surface area contributed by atoms with Crippen molar-refractivity contribution < 1.29 is 4.42 Å². The molecule has 0 saturated carbocycles. The summed E-state index contributed by atoms with van der Waals surface area (Å²) in [5, 5.41) is 5.58. The number of aromatic nitrogens is 2. The number of anilines is 3. The fourth-order valence-electron chi connectivity index (χ4n) is 7.25. The molecule has 10 aromatic rings. The summed E-state index contributed by atoms with van der Waals surface area (Å²) in [7, 11) is 0. The van der Waals surface area contributed by atoms with Gasteiger partial charge in [0.25, 0.3) is 0 Å². The van der Waals surface area contributed by atoms with Crippen LogP contribution in [-0.4, -0.2) is 9.97 Å². The molecule has 8 aromatic carbocycles. The second kappa shape index (κ2) is 12.4. The summed E-state index contributed by atoms with van der Waals surface area (Å²) in [4.78, 5) is 12.5. The molecule has 0 aliphatic carbocycles. The predicted molar refractivity (Wildman–Crippen MR) is 215 cm³/mol. The molecule has 2 heterocycles. The van der Waals surface area contributed by atoms with Crippen molar-refractivity contribution in [3.63, 3.8) is 0 Å². The highest BCUT2D eigenvalue weighted by atomic mass is 16.3. The van der Waals surface area contributed by atoms with Crippen molar-refractivity contribution in [1.29, 1.82) is 0 Å². The first kappa shape index (κ1) is 29.8. The van der Waals surface area contributed by atoms with Crippen molar-refractivity contribution in [2.75, 3.05) is 4.90 Å². The van der Waals surface area contributed by atoms with Crippen LogP contribution in [0.1, 0.15) is 0 Å². The van der Waals surface area contributed by atoms with Crippen LogP contribution >= 0.6 is 0 Å². The topological polar surface area (TPSA) is 42.2 Å². The third-order valence-electron chi connectivity index (χ3n) is 9.85. The second-order valence-corrected chi connectivity index (χ2v) is 13.1. The highest BCUT2D eigenvalue weighted by Crippen LogP contribution is 2.39. The number of nitrogens with zero attached hydrogens (tertiary/aromatic N) is 3. The standard InChI is InChI=1S/C48H31N3O/c1-3-11-32(12-4-1)33-19-24-39(25-20-33)51(38-15-5-2-6-16-38)40-26-21-34(22-27-40)48-49-44-18-10-9-17-42(44)47(50-48)37-23-28-41-43-29-35-13-7-8-14-36(35)30-46(43)52-45(41)31-37/h1-31H. The first-order valence-electron chi connectivity index (χ1n) is 17.5. The number of rotatable bonds is 6. The number of hydrogen-bond acceptors (Lipinski definition) is 4. The van der Waals surface area contributed by atoms with E-state index in [1.165, 1.54) is 21.9 Å². The lowest BCUT2D eigenvalue weighted by molar-refractivity contribution is 0.669. The molecule has 0 atom stereocenters. The molecule has 0 aliphatic rings. The largest absolute Gasteiger partial charge is 0.456 e. The summed E-state index contributed by atoms with van der Waals surface area (Å²) in [6.45, 7) is 0. The lowest BCUT2D eigenvalue weighted by Gasteiger charge is -2.26. The van der Waals surface area contributed by atoms with Crippen molar-refractivity contribution in [1.82, 2.24) is 9.97 Å². The van der Waals surface area contributed by atoms with Crippen LogP contribution in [0.5, 0.6) is 0 Å². The van der Waals surface area contributed by atoms with Crippen LogP contribution in [-0.2, 0) is 0 Å². The van der Waals surface area contributed by atoms with E-state index in [0.717, 1.165) is 66.7 Å². The van der Waals surface area contributed by atoms with Gasteiger partial charge in [-0.15, -0.1) is 0 Å². The fraction of sp³-hybridized carbons (Fsp3) is 0. The Balaban J connectivity index is 1.04. The van der Waals surface area contributed by atoms with E-state index in [2.05, 4.69) is 169 Å². The van der Waals surface area contributed by atoms with Gasteiger partial charge in [0.2, 0.25) is 0 Å². The molecule has 0 amide bonds. The molecule has 244 valence electrons.